The van der Waals surface area contributed by atoms with Crippen LogP contribution in [0.4, 0.5) is 0 Å². The molecule has 0 fully saturated rings. The second kappa shape index (κ2) is 4.69. The molecule has 0 unspecified atom stereocenters. The summed E-state index contributed by atoms with van der Waals surface area (Å²) in [6.45, 7) is 3.80. The van der Waals surface area contributed by atoms with Gasteiger partial charge in [0, 0.05) is 6.61 Å². The van der Waals surface area contributed by atoms with E-state index in [0.29, 0.717) is 6.61 Å². The Bertz CT molecular complexity index is 185. The zero-order chi connectivity index (χ0) is 8.91. The molecule has 0 aromatic carbocycles. The van der Waals surface area contributed by atoms with Gasteiger partial charge < -0.3 is 4.74 Å². The van der Waals surface area contributed by atoms with Crippen molar-refractivity contribution in [2.45, 2.75) is 25.7 Å². The van der Waals surface area contributed by atoms with Crippen molar-refractivity contribution < 1.29 is 17.3 Å². The number of ether oxygens (including phenoxy) is 1. The molecular formula is C6H14O4S. The lowest BCUT2D eigenvalue weighted by Gasteiger charge is -2.10. The van der Waals surface area contributed by atoms with Crippen LogP contribution in [0.25, 0.3) is 0 Å². The number of rotatable bonds is 5. The van der Waals surface area contributed by atoms with Gasteiger partial charge in [-0.3, -0.25) is 4.18 Å². The van der Waals surface area contributed by atoms with E-state index in [9.17, 15) is 8.42 Å². The first kappa shape index (κ1) is 10.9. The molecule has 0 heterocycles. The standard InChI is InChI=1S/C6H14O4S/c1-4-5-10-6(2)11(7,8)9-3/h6H,4-5H2,1-3H3/t6-/m1/s1. The van der Waals surface area contributed by atoms with E-state index in [1.165, 1.54) is 6.92 Å². The third kappa shape index (κ3) is 3.69. The van der Waals surface area contributed by atoms with Gasteiger partial charge in [0.15, 0.2) is 5.44 Å². The highest BCUT2D eigenvalue weighted by molar-refractivity contribution is 7.87. The molecule has 0 saturated heterocycles. The van der Waals surface area contributed by atoms with Gasteiger partial charge in [-0.1, -0.05) is 6.92 Å². The van der Waals surface area contributed by atoms with Gasteiger partial charge in [-0.15, -0.1) is 0 Å². The van der Waals surface area contributed by atoms with Crippen molar-refractivity contribution in [3.05, 3.63) is 0 Å². The topological polar surface area (TPSA) is 52.6 Å². The minimum atomic E-state index is -3.49. The highest BCUT2D eigenvalue weighted by Crippen LogP contribution is 2.03. The molecule has 0 N–H and O–H groups in total. The maximum absolute atomic E-state index is 10.9. The summed E-state index contributed by atoms with van der Waals surface area (Å²) in [5.74, 6) is 0. The van der Waals surface area contributed by atoms with Gasteiger partial charge in [-0.2, -0.15) is 8.42 Å². The SMILES string of the molecule is CCCO[C@@H](C)S(=O)(=O)OC. The first-order valence-electron chi connectivity index (χ1n) is 3.45. The monoisotopic (exact) mass is 182 g/mol. The lowest BCUT2D eigenvalue weighted by atomic mass is 10.5. The summed E-state index contributed by atoms with van der Waals surface area (Å²) in [6, 6.07) is 0. The van der Waals surface area contributed by atoms with E-state index in [0.717, 1.165) is 13.5 Å². The molecule has 1 atom stereocenters. The normalized spacial score (nSPS) is 14.8. The van der Waals surface area contributed by atoms with Crippen LogP contribution in [0.15, 0.2) is 0 Å². The fourth-order valence-corrected chi connectivity index (χ4v) is 1.04. The summed E-state index contributed by atoms with van der Waals surface area (Å²) in [6.07, 6.45) is 0.795. The van der Waals surface area contributed by atoms with E-state index in [2.05, 4.69) is 4.18 Å². The van der Waals surface area contributed by atoms with Gasteiger partial charge in [-0.05, 0) is 13.3 Å². The Labute approximate surface area is 67.6 Å². The summed E-state index contributed by atoms with van der Waals surface area (Å²) in [5, 5.41) is 0. The molecule has 0 aromatic rings. The predicted molar refractivity (Wildman–Crippen MR) is 41.6 cm³/mol. The predicted octanol–water partition coefficient (Wildman–Crippen LogP) is 0.735. The smallest absolute Gasteiger partial charge is 0.294 e. The van der Waals surface area contributed by atoms with Crippen LogP contribution in [0.5, 0.6) is 0 Å². The van der Waals surface area contributed by atoms with E-state index >= 15 is 0 Å². The van der Waals surface area contributed by atoms with Crippen LogP contribution in [0, 0.1) is 0 Å². The van der Waals surface area contributed by atoms with Crippen LogP contribution < -0.4 is 0 Å². The Balaban J connectivity index is 3.93. The van der Waals surface area contributed by atoms with Crippen LogP contribution in [0.1, 0.15) is 20.3 Å². The first-order chi connectivity index (χ1) is 5.04. The molecule has 0 radical (unpaired) electrons. The quantitative estimate of drug-likeness (QED) is 0.588. The second-order valence-electron chi connectivity index (χ2n) is 2.10. The zero-order valence-corrected chi connectivity index (χ0v) is 7.85. The van der Waals surface area contributed by atoms with Crippen LogP contribution in [-0.2, 0) is 19.0 Å². The van der Waals surface area contributed by atoms with Gasteiger partial charge in [0.2, 0.25) is 0 Å². The van der Waals surface area contributed by atoms with Gasteiger partial charge >= 0.3 is 0 Å². The Morgan fingerprint density at radius 1 is 1.45 bits per heavy atom. The van der Waals surface area contributed by atoms with Crippen LogP contribution in [0.3, 0.4) is 0 Å². The minimum absolute atomic E-state index is 0.434. The molecule has 0 aliphatic heterocycles. The Hall–Kier alpha value is -0.130. The highest BCUT2D eigenvalue weighted by atomic mass is 32.2. The molecular weight excluding hydrogens is 168 g/mol. The summed E-state index contributed by atoms with van der Waals surface area (Å²) >= 11 is 0. The molecule has 0 rings (SSSR count). The molecule has 4 nitrogen and oxygen atoms in total. The molecule has 11 heavy (non-hydrogen) atoms. The average Bonchev–Trinajstić information content (AvgIpc) is 2.00. The lowest BCUT2D eigenvalue weighted by molar-refractivity contribution is 0.108. The van der Waals surface area contributed by atoms with Crippen LogP contribution in [-0.4, -0.2) is 27.6 Å². The van der Waals surface area contributed by atoms with E-state index in [4.69, 9.17) is 4.74 Å². The van der Waals surface area contributed by atoms with E-state index < -0.39 is 15.6 Å². The maximum atomic E-state index is 10.9. The van der Waals surface area contributed by atoms with Crippen LogP contribution >= 0.6 is 0 Å². The first-order valence-corrected chi connectivity index (χ1v) is 4.92. The lowest BCUT2D eigenvalue weighted by Crippen LogP contribution is -2.22. The zero-order valence-electron chi connectivity index (χ0n) is 7.03. The summed E-state index contributed by atoms with van der Waals surface area (Å²) < 4.78 is 30.9. The molecule has 0 amide bonds. The Morgan fingerprint density at radius 3 is 2.36 bits per heavy atom. The van der Waals surface area contributed by atoms with E-state index in [1.54, 1.807) is 0 Å². The van der Waals surface area contributed by atoms with Crippen molar-refractivity contribution in [3.8, 4) is 0 Å². The summed E-state index contributed by atoms with van der Waals surface area (Å²) in [7, 11) is -2.37. The molecule has 0 aliphatic rings. The largest absolute Gasteiger partial charge is 0.360 e. The maximum Gasteiger partial charge on any atom is 0.294 e. The molecule has 0 aliphatic carbocycles. The van der Waals surface area contributed by atoms with Crippen molar-refractivity contribution in [1.29, 1.82) is 0 Å². The van der Waals surface area contributed by atoms with Crippen molar-refractivity contribution in [2.75, 3.05) is 13.7 Å². The minimum Gasteiger partial charge on any atom is -0.360 e. The molecule has 0 saturated carbocycles. The number of hydrogen-bond acceptors (Lipinski definition) is 4. The Morgan fingerprint density at radius 2 is 2.00 bits per heavy atom. The fourth-order valence-electron chi connectivity index (χ4n) is 0.503. The third-order valence-corrected chi connectivity index (χ3v) is 2.61. The Kier molecular flexibility index (Phi) is 4.63. The van der Waals surface area contributed by atoms with E-state index in [-0.39, 0.29) is 0 Å². The highest BCUT2D eigenvalue weighted by Gasteiger charge is 2.19. The van der Waals surface area contributed by atoms with Gasteiger partial charge in [0.25, 0.3) is 10.1 Å². The van der Waals surface area contributed by atoms with Gasteiger partial charge in [0.1, 0.15) is 0 Å². The van der Waals surface area contributed by atoms with Crippen molar-refractivity contribution >= 4 is 10.1 Å². The molecule has 0 bridgehead atoms. The summed E-state index contributed by atoms with van der Waals surface area (Å²) in [5.41, 5.74) is -0.868. The van der Waals surface area contributed by atoms with Gasteiger partial charge in [-0.25, -0.2) is 0 Å². The number of hydrogen-bond donors (Lipinski definition) is 0. The van der Waals surface area contributed by atoms with Crippen molar-refractivity contribution in [1.82, 2.24) is 0 Å². The third-order valence-electron chi connectivity index (χ3n) is 1.20. The molecule has 0 spiro atoms. The molecule has 0 aromatic heterocycles. The summed E-state index contributed by atoms with van der Waals surface area (Å²) in [4.78, 5) is 0. The van der Waals surface area contributed by atoms with Crippen molar-refractivity contribution in [2.24, 2.45) is 0 Å². The second-order valence-corrected chi connectivity index (χ2v) is 4.08. The molecule has 68 valence electrons. The van der Waals surface area contributed by atoms with E-state index in [1.807, 2.05) is 6.92 Å². The average molecular weight is 182 g/mol. The van der Waals surface area contributed by atoms with Gasteiger partial charge in [0.05, 0.1) is 7.11 Å². The van der Waals surface area contributed by atoms with Crippen molar-refractivity contribution in [3.63, 3.8) is 0 Å². The fraction of sp³-hybridized carbons (Fsp3) is 1.00. The van der Waals surface area contributed by atoms with Crippen LogP contribution in [0.2, 0.25) is 0 Å². The molecule has 5 heteroatoms.